The summed E-state index contributed by atoms with van der Waals surface area (Å²) in [5.41, 5.74) is 11.8. The van der Waals surface area contributed by atoms with Gasteiger partial charge in [0, 0.05) is 26.6 Å². The Morgan fingerprint density at radius 3 is 2.86 bits per heavy atom. The minimum absolute atomic E-state index is 0.113. The second-order valence-electron chi connectivity index (χ2n) is 8.68. The van der Waals surface area contributed by atoms with Crippen LogP contribution in [0.1, 0.15) is 10.4 Å². The molecule has 35 heavy (non-hydrogen) atoms. The summed E-state index contributed by atoms with van der Waals surface area (Å²) < 4.78 is 7.45. The molecule has 2 aromatic carbocycles. The number of thiophene rings is 2. The van der Waals surface area contributed by atoms with Crippen molar-refractivity contribution in [2.24, 2.45) is 5.73 Å². The highest BCUT2D eigenvalue weighted by atomic mass is 32.1. The van der Waals surface area contributed by atoms with E-state index in [4.69, 9.17) is 15.5 Å². The van der Waals surface area contributed by atoms with Gasteiger partial charge in [-0.1, -0.05) is 24.3 Å². The number of aryl methyl sites for hydroxylation is 1. The highest BCUT2D eigenvalue weighted by Crippen LogP contribution is 2.37. The average Bonchev–Trinajstić information content (AvgIpc) is 3.62. The number of fused-ring (bicyclic) bond motifs is 2. The van der Waals surface area contributed by atoms with Crippen molar-refractivity contribution in [3.05, 3.63) is 88.9 Å². The molecular weight excluding hydrogens is 472 g/mol. The Balaban J connectivity index is 1.27. The summed E-state index contributed by atoms with van der Waals surface area (Å²) in [6, 6.07) is 21.0. The van der Waals surface area contributed by atoms with Crippen LogP contribution >= 0.6 is 22.7 Å². The van der Waals surface area contributed by atoms with Gasteiger partial charge in [0.05, 0.1) is 28.5 Å². The van der Waals surface area contributed by atoms with Crippen LogP contribution in [0.15, 0.2) is 78.4 Å². The third-order valence-electron chi connectivity index (χ3n) is 6.09. The van der Waals surface area contributed by atoms with Gasteiger partial charge in [0.15, 0.2) is 0 Å². The Labute approximate surface area is 211 Å². The van der Waals surface area contributed by atoms with Crippen molar-refractivity contribution in [2.45, 2.75) is 19.4 Å². The molecule has 0 unspecified atom stereocenters. The van der Waals surface area contributed by atoms with E-state index in [9.17, 15) is 0 Å². The molecule has 0 spiro atoms. The quantitative estimate of drug-likeness (QED) is 0.254. The van der Waals surface area contributed by atoms with Gasteiger partial charge in [-0.05, 0) is 71.6 Å². The average molecular weight is 497 g/mol. The van der Waals surface area contributed by atoms with Crippen LogP contribution in [0.4, 0.5) is 0 Å². The molecule has 0 saturated carbocycles. The number of hydrogen-bond donors (Lipinski definition) is 2. The van der Waals surface area contributed by atoms with E-state index in [1.807, 2.05) is 6.20 Å². The lowest BCUT2D eigenvalue weighted by atomic mass is 10.0. The first kappa shape index (κ1) is 22.0. The molecule has 0 aliphatic carbocycles. The zero-order valence-electron chi connectivity index (χ0n) is 19.2. The summed E-state index contributed by atoms with van der Waals surface area (Å²) in [6.45, 7) is 2.53. The Morgan fingerprint density at radius 1 is 1.06 bits per heavy atom. The van der Waals surface area contributed by atoms with Gasteiger partial charge in [0.25, 0.3) is 0 Å². The van der Waals surface area contributed by atoms with Crippen molar-refractivity contribution < 1.29 is 4.74 Å². The van der Waals surface area contributed by atoms with Crippen LogP contribution in [0.3, 0.4) is 0 Å². The molecule has 0 radical (unpaired) electrons. The maximum atomic E-state index is 6.48. The molecule has 0 saturated heterocycles. The SMILES string of the molecule is Cc1ccc(-c2ncc(OC[C@@H](N)Cc3csc4ccccc34)cc2-c2ccc3[nH]ncc3c2)s1. The first-order valence-electron chi connectivity index (χ1n) is 11.5. The fourth-order valence-electron chi connectivity index (χ4n) is 4.35. The molecule has 4 heterocycles. The van der Waals surface area contributed by atoms with E-state index in [0.717, 1.165) is 44.8 Å². The zero-order valence-corrected chi connectivity index (χ0v) is 20.8. The summed E-state index contributed by atoms with van der Waals surface area (Å²) >= 11 is 3.50. The molecule has 0 amide bonds. The van der Waals surface area contributed by atoms with Gasteiger partial charge in [-0.3, -0.25) is 10.1 Å². The second kappa shape index (κ2) is 9.26. The number of nitrogens with one attached hydrogen (secondary N) is 1. The van der Waals surface area contributed by atoms with Crippen LogP contribution in [0.5, 0.6) is 5.75 Å². The maximum Gasteiger partial charge on any atom is 0.138 e. The molecule has 6 rings (SSSR count). The minimum Gasteiger partial charge on any atom is -0.490 e. The molecule has 0 aliphatic rings. The Kier molecular flexibility index (Phi) is 5.82. The van der Waals surface area contributed by atoms with Gasteiger partial charge in [0.1, 0.15) is 12.4 Å². The van der Waals surface area contributed by atoms with Crippen LogP contribution in [-0.4, -0.2) is 27.8 Å². The first-order valence-corrected chi connectivity index (χ1v) is 13.2. The molecule has 1 atom stereocenters. The van der Waals surface area contributed by atoms with Gasteiger partial charge in [-0.15, -0.1) is 22.7 Å². The zero-order chi connectivity index (χ0) is 23.8. The van der Waals surface area contributed by atoms with Crippen LogP contribution in [-0.2, 0) is 6.42 Å². The molecule has 4 aromatic heterocycles. The fourth-order valence-corrected chi connectivity index (χ4v) is 6.20. The lowest BCUT2D eigenvalue weighted by Gasteiger charge is -2.15. The van der Waals surface area contributed by atoms with E-state index in [-0.39, 0.29) is 6.04 Å². The molecule has 3 N–H and O–H groups in total. The third kappa shape index (κ3) is 4.46. The highest BCUT2D eigenvalue weighted by Gasteiger charge is 2.15. The number of aromatic amines is 1. The summed E-state index contributed by atoms with van der Waals surface area (Å²) in [6.07, 6.45) is 4.42. The predicted octanol–water partition coefficient (Wildman–Crippen LogP) is 6.83. The number of benzene rings is 2. The molecule has 5 nitrogen and oxygen atoms in total. The van der Waals surface area contributed by atoms with Gasteiger partial charge >= 0.3 is 0 Å². The number of rotatable bonds is 7. The van der Waals surface area contributed by atoms with E-state index in [2.05, 4.69) is 83.2 Å². The van der Waals surface area contributed by atoms with Crippen molar-refractivity contribution in [3.63, 3.8) is 0 Å². The number of nitrogens with zero attached hydrogens (tertiary/aromatic N) is 2. The molecule has 0 aliphatic heterocycles. The van der Waals surface area contributed by atoms with Crippen LogP contribution in [0.25, 0.3) is 42.7 Å². The number of hydrogen-bond acceptors (Lipinski definition) is 6. The van der Waals surface area contributed by atoms with Crippen LogP contribution in [0, 0.1) is 6.92 Å². The molecule has 0 fully saturated rings. The van der Waals surface area contributed by atoms with E-state index >= 15 is 0 Å². The Bertz CT molecular complexity index is 1630. The second-order valence-corrected chi connectivity index (χ2v) is 10.9. The van der Waals surface area contributed by atoms with E-state index in [1.54, 1.807) is 28.9 Å². The smallest absolute Gasteiger partial charge is 0.138 e. The standard InChI is InChI=1S/C28H24N4OS2/c1-17-6-9-27(35-17)28-24(18-7-8-25-19(10-18)13-31-32-25)12-22(14-30-28)33-15-21(29)11-20-16-34-26-5-3-2-4-23(20)26/h2-10,12-14,16,21H,11,15,29H2,1H3,(H,31,32)/t21-/m0/s1. The van der Waals surface area contributed by atoms with E-state index in [0.29, 0.717) is 6.61 Å². The summed E-state index contributed by atoms with van der Waals surface area (Å²) in [5, 5.41) is 11.7. The summed E-state index contributed by atoms with van der Waals surface area (Å²) in [7, 11) is 0. The van der Waals surface area contributed by atoms with Gasteiger partial charge in [-0.2, -0.15) is 5.10 Å². The number of pyridine rings is 1. The maximum absolute atomic E-state index is 6.48. The van der Waals surface area contributed by atoms with Gasteiger partial charge in [-0.25, -0.2) is 0 Å². The lowest BCUT2D eigenvalue weighted by Crippen LogP contribution is -2.30. The van der Waals surface area contributed by atoms with Crippen molar-refractivity contribution in [3.8, 4) is 27.4 Å². The lowest BCUT2D eigenvalue weighted by molar-refractivity contribution is 0.287. The van der Waals surface area contributed by atoms with E-state index < -0.39 is 0 Å². The fraction of sp³-hybridized carbons (Fsp3) is 0.143. The third-order valence-corrected chi connectivity index (χ3v) is 8.11. The molecule has 0 bridgehead atoms. The van der Waals surface area contributed by atoms with Gasteiger partial charge in [0.2, 0.25) is 0 Å². The van der Waals surface area contributed by atoms with Crippen LogP contribution < -0.4 is 10.5 Å². The first-order chi connectivity index (χ1) is 17.1. The molecule has 7 heteroatoms. The highest BCUT2D eigenvalue weighted by molar-refractivity contribution is 7.17. The van der Waals surface area contributed by atoms with Crippen molar-refractivity contribution in [1.29, 1.82) is 0 Å². The predicted molar refractivity (Wildman–Crippen MR) is 146 cm³/mol. The molecule has 6 aromatic rings. The van der Waals surface area contributed by atoms with Crippen molar-refractivity contribution >= 4 is 43.7 Å². The number of nitrogens with two attached hydrogens (primary N) is 1. The Morgan fingerprint density at radius 2 is 1.97 bits per heavy atom. The Hall–Kier alpha value is -3.52. The van der Waals surface area contributed by atoms with Gasteiger partial charge < -0.3 is 10.5 Å². The topological polar surface area (TPSA) is 76.8 Å². The molecular formula is C28H24N4OS2. The number of H-pyrrole nitrogens is 1. The monoisotopic (exact) mass is 496 g/mol. The van der Waals surface area contributed by atoms with Crippen molar-refractivity contribution in [1.82, 2.24) is 15.2 Å². The number of aromatic nitrogens is 3. The van der Waals surface area contributed by atoms with Crippen molar-refractivity contribution in [2.75, 3.05) is 6.61 Å². The largest absolute Gasteiger partial charge is 0.490 e. The summed E-state index contributed by atoms with van der Waals surface area (Å²) in [4.78, 5) is 7.22. The normalized spacial score (nSPS) is 12.4. The molecule has 174 valence electrons. The van der Waals surface area contributed by atoms with Crippen LogP contribution in [0.2, 0.25) is 0 Å². The number of ether oxygens (including phenoxy) is 1. The summed E-state index contributed by atoms with van der Waals surface area (Å²) in [5.74, 6) is 0.718. The minimum atomic E-state index is -0.113. The van der Waals surface area contributed by atoms with E-state index in [1.165, 1.54) is 20.5 Å².